The van der Waals surface area contributed by atoms with Crippen LogP contribution in [0.2, 0.25) is 0 Å². The Bertz CT molecular complexity index is 752. The lowest BCUT2D eigenvalue weighted by molar-refractivity contribution is 0.0980. The molecule has 2 N–H and O–H groups in total. The van der Waals surface area contributed by atoms with Crippen LogP contribution < -0.4 is 9.47 Å². The van der Waals surface area contributed by atoms with Crippen LogP contribution in [-0.2, 0) is 13.0 Å². The summed E-state index contributed by atoms with van der Waals surface area (Å²) in [6, 6.07) is 15.8. The molecule has 0 amide bonds. The number of aliphatic hydroxyl groups excluding tert-OH is 2. The minimum absolute atomic E-state index is 0.323. The number of hydrogen-bond donors (Lipinski definition) is 2. The van der Waals surface area contributed by atoms with Gasteiger partial charge in [0.1, 0.15) is 6.61 Å². The van der Waals surface area contributed by atoms with Crippen molar-refractivity contribution in [1.82, 2.24) is 0 Å². The molecule has 2 atom stereocenters. The smallest absolute Gasteiger partial charge is 0.161 e. The molecular weight excluding hydrogens is 352 g/mol. The second kappa shape index (κ2) is 12.0. The SMILES string of the molecule is C/C=C/C=C/[C@H](O)C[C@H](O)CCc1ccc(OCc2ccccc2)c(OC)c1. The molecular formula is C24H30O4. The fourth-order valence-electron chi connectivity index (χ4n) is 2.83. The normalized spacial score (nSPS) is 13.7. The van der Waals surface area contributed by atoms with E-state index in [9.17, 15) is 10.2 Å². The predicted molar refractivity (Wildman–Crippen MR) is 113 cm³/mol. The van der Waals surface area contributed by atoms with Crippen LogP contribution in [0.5, 0.6) is 11.5 Å². The summed E-state index contributed by atoms with van der Waals surface area (Å²) in [7, 11) is 1.62. The van der Waals surface area contributed by atoms with Gasteiger partial charge >= 0.3 is 0 Å². The van der Waals surface area contributed by atoms with Crippen LogP contribution in [0.3, 0.4) is 0 Å². The molecule has 28 heavy (non-hydrogen) atoms. The Hall–Kier alpha value is -2.56. The molecule has 4 heteroatoms. The van der Waals surface area contributed by atoms with Gasteiger partial charge in [-0.3, -0.25) is 0 Å². The van der Waals surface area contributed by atoms with Crippen LogP contribution in [0.1, 0.15) is 30.9 Å². The third-order valence-corrected chi connectivity index (χ3v) is 4.38. The number of rotatable bonds is 11. The first kappa shape index (κ1) is 21.7. The van der Waals surface area contributed by atoms with Crippen LogP contribution >= 0.6 is 0 Å². The molecule has 150 valence electrons. The maximum absolute atomic E-state index is 10.2. The standard InChI is InChI=1S/C24H30O4/c1-3-4-6-11-21(25)17-22(26)14-12-19-13-15-23(24(16-19)27-2)28-18-20-9-7-5-8-10-20/h3-11,13,15-16,21-22,25-26H,12,14,17-18H2,1-2H3/b4-3+,11-6+/t21-,22+/m0/s1. The van der Waals surface area contributed by atoms with Gasteiger partial charge in [0, 0.05) is 6.42 Å². The number of hydrogen-bond acceptors (Lipinski definition) is 4. The number of allylic oxidation sites excluding steroid dienone is 3. The summed E-state index contributed by atoms with van der Waals surface area (Å²) >= 11 is 0. The van der Waals surface area contributed by atoms with E-state index in [0.29, 0.717) is 37.4 Å². The second-order valence-corrected chi connectivity index (χ2v) is 6.67. The topological polar surface area (TPSA) is 58.9 Å². The van der Waals surface area contributed by atoms with Crippen molar-refractivity contribution >= 4 is 0 Å². The van der Waals surface area contributed by atoms with E-state index < -0.39 is 12.2 Å². The fraction of sp³-hybridized carbons (Fsp3) is 0.333. The van der Waals surface area contributed by atoms with Crippen molar-refractivity contribution in [2.45, 2.75) is 45.0 Å². The first-order valence-electron chi connectivity index (χ1n) is 9.61. The summed E-state index contributed by atoms with van der Waals surface area (Å²) in [6.45, 7) is 2.39. The zero-order valence-electron chi connectivity index (χ0n) is 16.6. The Balaban J connectivity index is 1.87. The average Bonchev–Trinajstić information content (AvgIpc) is 2.72. The number of aliphatic hydroxyl groups is 2. The van der Waals surface area contributed by atoms with Crippen LogP contribution in [0.25, 0.3) is 0 Å². The Morgan fingerprint density at radius 2 is 1.75 bits per heavy atom. The highest BCUT2D eigenvalue weighted by atomic mass is 16.5. The molecule has 0 heterocycles. The van der Waals surface area contributed by atoms with Gasteiger partial charge in [-0.25, -0.2) is 0 Å². The van der Waals surface area contributed by atoms with Crippen molar-refractivity contribution < 1.29 is 19.7 Å². The number of benzene rings is 2. The van der Waals surface area contributed by atoms with E-state index in [1.807, 2.05) is 67.6 Å². The van der Waals surface area contributed by atoms with Gasteiger partial charge < -0.3 is 19.7 Å². The zero-order valence-corrected chi connectivity index (χ0v) is 16.6. The highest BCUT2D eigenvalue weighted by molar-refractivity contribution is 5.43. The van der Waals surface area contributed by atoms with Crippen LogP contribution in [0, 0.1) is 0 Å². The van der Waals surface area contributed by atoms with Crippen molar-refractivity contribution in [1.29, 1.82) is 0 Å². The lowest BCUT2D eigenvalue weighted by Crippen LogP contribution is -2.16. The molecule has 0 aromatic heterocycles. The Kier molecular flexibility index (Phi) is 9.32. The summed E-state index contributed by atoms with van der Waals surface area (Å²) in [5.41, 5.74) is 2.15. The van der Waals surface area contributed by atoms with Gasteiger partial charge in [-0.1, -0.05) is 60.7 Å². The minimum Gasteiger partial charge on any atom is -0.493 e. The van der Waals surface area contributed by atoms with Gasteiger partial charge in [-0.05, 0) is 43.0 Å². The van der Waals surface area contributed by atoms with Crippen LogP contribution in [0.4, 0.5) is 0 Å². The number of aryl methyl sites for hydroxylation is 1. The lowest BCUT2D eigenvalue weighted by Gasteiger charge is -2.15. The van der Waals surface area contributed by atoms with Gasteiger partial charge in [0.15, 0.2) is 11.5 Å². The quantitative estimate of drug-likeness (QED) is 0.564. The first-order chi connectivity index (χ1) is 13.6. The Labute approximate surface area is 167 Å². The molecule has 0 unspecified atom stereocenters. The molecule has 0 radical (unpaired) electrons. The highest BCUT2D eigenvalue weighted by Gasteiger charge is 2.11. The monoisotopic (exact) mass is 382 g/mol. The largest absolute Gasteiger partial charge is 0.493 e. The molecule has 2 aromatic rings. The van der Waals surface area contributed by atoms with Gasteiger partial charge in [-0.2, -0.15) is 0 Å². The van der Waals surface area contributed by atoms with Crippen LogP contribution in [-0.4, -0.2) is 29.5 Å². The molecule has 2 rings (SSSR count). The van der Waals surface area contributed by atoms with E-state index in [1.54, 1.807) is 19.3 Å². The maximum Gasteiger partial charge on any atom is 0.161 e. The maximum atomic E-state index is 10.2. The van der Waals surface area contributed by atoms with Gasteiger partial charge in [0.05, 0.1) is 19.3 Å². The van der Waals surface area contributed by atoms with Crippen LogP contribution in [0.15, 0.2) is 72.8 Å². The Morgan fingerprint density at radius 1 is 0.964 bits per heavy atom. The average molecular weight is 383 g/mol. The molecule has 0 aliphatic heterocycles. The van der Waals surface area contributed by atoms with E-state index in [-0.39, 0.29) is 0 Å². The number of methoxy groups -OCH3 is 1. The molecule has 0 fully saturated rings. The third kappa shape index (κ3) is 7.59. The van der Waals surface area contributed by atoms with E-state index in [4.69, 9.17) is 9.47 Å². The fourth-order valence-corrected chi connectivity index (χ4v) is 2.83. The molecule has 0 bridgehead atoms. The first-order valence-corrected chi connectivity index (χ1v) is 9.61. The summed E-state index contributed by atoms with van der Waals surface area (Å²) in [4.78, 5) is 0. The lowest BCUT2D eigenvalue weighted by atomic mass is 10.0. The molecule has 2 aromatic carbocycles. The molecule has 0 aliphatic carbocycles. The van der Waals surface area contributed by atoms with Crippen molar-refractivity contribution in [3.05, 3.63) is 84.0 Å². The summed E-state index contributed by atoms with van der Waals surface area (Å²) < 4.78 is 11.3. The molecule has 0 saturated heterocycles. The van der Waals surface area contributed by atoms with E-state index in [0.717, 1.165) is 11.1 Å². The van der Waals surface area contributed by atoms with Gasteiger partial charge in [-0.15, -0.1) is 0 Å². The van der Waals surface area contributed by atoms with E-state index in [2.05, 4.69) is 0 Å². The second-order valence-electron chi connectivity index (χ2n) is 6.67. The molecule has 0 spiro atoms. The van der Waals surface area contributed by atoms with Crippen molar-refractivity contribution in [3.8, 4) is 11.5 Å². The van der Waals surface area contributed by atoms with E-state index in [1.165, 1.54) is 0 Å². The Morgan fingerprint density at radius 3 is 2.46 bits per heavy atom. The number of ether oxygens (including phenoxy) is 2. The zero-order chi connectivity index (χ0) is 20.2. The molecule has 4 nitrogen and oxygen atoms in total. The third-order valence-electron chi connectivity index (χ3n) is 4.38. The summed E-state index contributed by atoms with van der Waals surface area (Å²) in [5.74, 6) is 1.37. The van der Waals surface area contributed by atoms with Crippen molar-refractivity contribution in [3.63, 3.8) is 0 Å². The van der Waals surface area contributed by atoms with Crippen molar-refractivity contribution in [2.24, 2.45) is 0 Å². The molecule has 0 saturated carbocycles. The van der Waals surface area contributed by atoms with E-state index >= 15 is 0 Å². The van der Waals surface area contributed by atoms with Gasteiger partial charge in [0.2, 0.25) is 0 Å². The van der Waals surface area contributed by atoms with Crippen molar-refractivity contribution in [2.75, 3.05) is 7.11 Å². The van der Waals surface area contributed by atoms with Gasteiger partial charge in [0.25, 0.3) is 0 Å². The molecule has 0 aliphatic rings. The summed E-state index contributed by atoms with van der Waals surface area (Å²) in [6.07, 6.45) is 7.60. The predicted octanol–water partition coefficient (Wildman–Crippen LogP) is 4.45. The summed E-state index contributed by atoms with van der Waals surface area (Å²) in [5, 5.41) is 20.1. The highest BCUT2D eigenvalue weighted by Crippen LogP contribution is 2.29. The minimum atomic E-state index is -0.644.